The molecule has 10 heteroatoms. The Hall–Kier alpha value is -4.86. The number of amides is 1. The van der Waals surface area contributed by atoms with E-state index in [0.29, 0.717) is 23.1 Å². The Balaban J connectivity index is 1.21. The lowest BCUT2D eigenvalue weighted by Gasteiger charge is -2.07. The predicted octanol–water partition coefficient (Wildman–Crippen LogP) is 3.60. The van der Waals surface area contributed by atoms with Crippen molar-refractivity contribution >= 4 is 11.6 Å². The zero-order chi connectivity index (χ0) is 22.6. The third kappa shape index (κ3) is 4.59. The van der Waals surface area contributed by atoms with Gasteiger partial charge in [0.1, 0.15) is 5.75 Å². The standard InChI is InChI=1S/C23H18N8O2/c1-16-13-14-30(28-16)21-11-12-22(27-26-21)33-19-9-7-17(8-10-19)25-23(32)20-15-24-31(29-20)18-5-3-2-4-6-18/h2-15H,1H3,(H,25,32). The summed E-state index contributed by atoms with van der Waals surface area (Å²) in [4.78, 5) is 13.9. The number of benzene rings is 2. The van der Waals surface area contributed by atoms with E-state index in [2.05, 4.69) is 30.8 Å². The molecule has 0 saturated carbocycles. The summed E-state index contributed by atoms with van der Waals surface area (Å²) in [5.41, 5.74) is 2.47. The minimum Gasteiger partial charge on any atom is -0.438 e. The fourth-order valence-corrected chi connectivity index (χ4v) is 3.01. The van der Waals surface area contributed by atoms with Gasteiger partial charge in [-0.15, -0.1) is 15.3 Å². The van der Waals surface area contributed by atoms with Gasteiger partial charge in [0.2, 0.25) is 5.88 Å². The summed E-state index contributed by atoms with van der Waals surface area (Å²) in [7, 11) is 0. The molecule has 0 spiro atoms. The summed E-state index contributed by atoms with van der Waals surface area (Å²) in [6, 6.07) is 21.6. The Kier molecular flexibility index (Phi) is 5.30. The minimum absolute atomic E-state index is 0.210. The first-order valence-electron chi connectivity index (χ1n) is 10.1. The van der Waals surface area contributed by atoms with Crippen LogP contribution in [-0.4, -0.2) is 40.9 Å². The first kappa shape index (κ1) is 20.1. The van der Waals surface area contributed by atoms with Crippen molar-refractivity contribution in [2.75, 3.05) is 5.32 Å². The second-order valence-electron chi connectivity index (χ2n) is 7.07. The van der Waals surface area contributed by atoms with E-state index in [-0.39, 0.29) is 11.6 Å². The molecule has 10 nitrogen and oxygen atoms in total. The van der Waals surface area contributed by atoms with E-state index in [1.54, 1.807) is 41.1 Å². The number of para-hydroxylation sites is 1. The van der Waals surface area contributed by atoms with Crippen LogP contribution in [0.3, 0.4) is 0 Å². The number of carbonyl (C=O) groups is 1. The molecule has 0 saturated heterocycles. The lowest BCUT2D eigenvalue weighted by atomic mass is 10.3. The normalized spacial score (nSPS) is 10.7. The minimum atomic E-state index is -0.360. The highest BCUT2D eigenvalue weighted by Crippen LogP contribution is 2.22. The van der Waals surface area contributed by atoms with Gasteiger partial charge >= 0.3 is 0 Å². The Labute approximate surface area is 188 Å². The Morgan fingerprint density at radius 2 is 1.73 bits per heavy atom. The van der Waals surface area contributed by atoms with Crippen LogP contribution in [0.15, 0.2) is 85.2 Å². The molecule has 0 aliphatic carbocycles. The van der Waals surface area contributed by atoms with Crippen LogP contribution < -0.4 is 10.1 Å². The van der Waals surface area contributed by atoms with Crippen molar-refractivity contribution in [1.29, 1.82) is 0 Å². The van der Waals surface area contributed by atoms with E-state index in [1.807, 2.05) is 49.5 Å². The van der Waals surface area contributed by atoms with Gasteiger partial charge in [-0.2, -0.15) is 15.0 Å². The van der Waals surface area contributed by atoms with Gasteiger partial charge in [0.05, 0.1) is 17.6 Å². The van der Waals surface area contributed by atoms with Gasteiger partial charge in [0, 0.05) is 18.0 Å². The smallest absolute Gasteiger partial charge is 0.277 e. The molecule has 162 valence electrons. The maximum Gasteiger partial charge on any atom is 0.277 e. The molecular formula is C23H18N8O2. The molecule has 1 amide bonds. The summed E-state index contributed by atoms with van der Waals surface area (Å²) in [5.74, 6) is 1.14. The lowest BCUT2D eigenvalue weighted by Crippen LogP contribution is -2.13. The van der Waals surface area contributed by atoms with Crippen LogP contribution in [0.5, 0.6) is 11.6 Å². The molecule has 0 unspecified atom stereocenters. The van der Waals surface area contributed by atoms with Gasteiger partial charge in [-0.05, 0) is 55.5 Å². The molecule has 0 aliphatic heterocycles. The largest absolute Gasteiger partial charge is 0.438 e. The van der Waals surface area contributed by atoms with Crippen LogP contribution in [-0.2, 0) is 0 Å². The van der Waals surface area contributed by atoms with Gasteiger partial charge in [0.15, 0.2) is 11.5 Å². The van der Waals surface area contributed by atoms with Crippen LogP contribution in [0.1, 0.15) is 16.2 Å². The monoisotopic (exact) mass is 438 g/mol. The third-order valence-electron chi connectivity index (χ3n) is 4.63. The van der Waals surface area contributed by atoms with Gasteiger partial charge in [-0.1, -0.05) is 18.2 Å². The molecule has 0 fully saturated rings. The van der Waals surface area contributed by atoms with Crippen LogP contribution in [0, 0.1) is 6.92 Å². The van der Waals surface area contributed by atoms with Gasteiger partial charge < -0.3 is 10.1 Å². The number of hydrogen-bond donors (Lipinski definition) is 1. The third-order valence-corrected chi connectivity index (χ3v) is 4.63. The second-order valence-corrected chi connectivity index (χ2v) is 7.07. The van der Waals surface area contributed by atoms with Crippen LogP contribution in [0.4, 0.5) is 5.69 Å². The van der Waals surface area contributed by atoms with Crippen molar-refractivity contribution in [2.45, 2.75) is 6.92 Å². The van der Waals surface area contributed by atoms with Crippen molar-refractivity contribution in [2.24, 2.45) is 0 Å². The van der Waals surface area contributed by atoms with Crippen LogP contribution in [0.2, 0.25) is 0 Å². The SMILES string of the molecule is Cc1ccn(-c2ccc(Oc3ccc(NC(=O)c4cnn(-c5ccccc5)n4)cc3)nn2)n1. The van der Waals surface area contributed by atoms with Crippen LogP contribution >= 0.6 is 0 Å². The highest BCUT2D eigenvalue weighted by Gasteiger charge is 2.12. The molecule has 3 heterocycles. The first-order chi connectivity index (χ1) is 16.1. The van der Waals surface area contributed by atoms with E-state index in [1.165, 1.54) is 11.0 Å². The van der Waals surface area contributed by atoms with Crippen molar-refractivity contribution in [3.05, 3.63) is 96.6 Å². The number of carbonyl (C=O) groups excluding carboxylic acids is 1. The average molecular weight is 438 g/mol. The van der Waals surface area contributed by atoms with Gasteiger partial charge in [-0.25, -0.2) is 4.68 Å². The number of nitrogens with one attached hydrogen (secondary N) is 1. The molecule has 3 aromatic heterocycles. The van der Waals surface area contributed by atoms with E-state index >= 15 is 0 Å². The number of nitrogens with zero attached hydrogens (tertiary/aromatic N) is 7. The second kappa shape index (κ2) is 8.71. The lowest BCUT2D eigenvalue weighted by molar-refractivity contribution is 0.102. The van der Waals surface area contributed by atoms with Crippen molar-refractivity contribution in [3.63, 3.8) is 0 Å². The Morgan fingerprint density at radius 1 is 0.909 bits per heavy atom. The molecule has 0 aliphatic rings. The van der Waals surface area contributed by atoms with E-state index in [0.717, 1.165) is 11.4 Å². The fourth-order valence-electron chi connectivity index (χ4n) is 3.01. The molecule has 0 bridgehead atoms. The van der Waals surface area contributed by atoms with E-state index in [4.69, 9.17) is 4.74 Å². The maximum absolute atomic E-state index is 12.5. The Morgan fingerprint density at radius 3 is 2.42 bits per heavy atom. The van der Waals surface area contributed by atoms with Crippen molar-refractivity contribution < 1.29 is 9.53 Å². The predicted molar refractivity (Wildman–Crippen MR) is 120 cm³/mol. The molecule has 2 aromatic carbocycles. The molecule has 0 radical (unpaired) electrons. The molecule has 5 rings (SSSR count). The zero-order valence-electron chi connectivity index (χ0n) is 17.5. The zero-order valence-corrected chi connectivity index (χ0v) is 17.5. The number of hydrogen-bond acceptors (Lipinski definition) is 7. The molecule has 33 heavy (non-hydrogen) atoms. The first-order valence-corrected chi connectivity index (χ1v) is 10.1. The van der Waals surface area contributed by atoms with Crippen LogP contribution in [0.25, 0.3) is 11.5 Å². The average Bonchev–Trinajstić information content (AvgIpc) is 3.51. The van der Waals surface area contributed by atoms with E-state index < -0.39 is 0 Å². The van der Waals surface area contributed by atoms with Gasteiger partial charge in [0.25, 0.3) is 5.91 Å². The van der Waals surface area contributed by atoms with Gasteiger partial charge in [-0.3, -0.25) is 4.79 Å². The topological polar surface area (TPSA) is 113 Å². The summed E-state index contributed by atoms with van der Waals surface area (Å²) in [6.45, 7) is 1.90. The summed E-state index contributed by atoms with van der Waals surface area (Å²) in [5, 5.41) is 23.7. The number of anilines is 1. The molecular weight excluding hydrogens is 420 g/mol. The summed E-state index contributed by atoms with van der Waals surface area (Å²) < 4.78 is 7.37. The highest BCUT2D eigenvalue weighted by atomic mass is 16.5. The molecule has 1 N–H and O–H groups in total. The molecule has 0 atom stereocenters. The maximum atomic E-state index is 12.5. The highest BCUT2D eigenvalue weighted by molar-refractivity contribution is 6.02. The number of rotatable bonds is 6. The van der Waals surface area contributed by atoms with Crippen molar-refractivity contribution in [1.82, 2.24) is 35.0 Å². The van der Waals surface area contributed by atoms with E-state index in [9.17, 15) is 4.79 Å². The number of aryl methyl sites for hydroxylation is 1. The van der Waals surface area contributed by atoms with Crippen molar-refractivity contribution in [3.8, 4) is 23.1 Å². The summed E-state index contributed by atoms with van der Waals surface area (Å²) >= 11 is 0. The number of aromatic nitrogens is 7. The quantitative estimate of drug-likeness (QED) is 0.431. The number of ether oxygens (including phenoxy) is 1. The summed E-state index contributed by atoms with van der Waals surface area (Å²) in [6.07, 6.45) is 3.24. The molecule has 5 aromatic rings. The Bertz CT molecular complexity index is 1380. The fraction of sp³-hybridized carbons (Fsp3) is 0.0435.